The van der Waals surface area contributed by atoms with Crippen LogP contribution in [0.3, 0.4) is 0 Å². The minimum absolute atomic E-state index is 0.0401. The first-order chi connectivity index (χ1) is 13.3. The number of amides is 3. The summed E-state index contributed by atoms with van der Waals surface area (Å²) >= 11 is 12.2. The third-order valence-corrected chi connectivity index (χ3v) is 4.99. The van der Waals surface area contributed by atoms with Crippen molar-refractivity contribution >= 4 is 52.3 Å². The molecule has 0 saturated carbocycles. The highest BCUT2D eigenvalue weighted by molar-refractivity contribution is 6.34. The van der Waals surface area contributed by atoms with Gasteiger partial charge in [0.1, 0.15) is 0 Å². The number of carbonyl (C=O) groups is 3. The van der Waals surface area contributed by atoms with Crippen molar-refractivity contribution in [3.05, 3.63) is 57.6 Å². The summed E-state index contributed by atoms with van der Waals surface area (Å²) in [6.45, 7) is 0.544. The van der Waals surface area contributed by atoms with Gasteiger partial charge in [-0.3, -0.25) is 14.4 Å². The zero-order valence-corrected chi connectivity index (χ0v) is 17.0. The Balaban J connectivity index is 1.91. The molecule has 0 atom stereocenters. The number of hydrogen-bond donors (Lipinski definition) is 1. The van der Waals surface area contributed by atoms with Crippen molar-refractivity contribution in [2.24, 2.45) is 0 Å². The van der Waals surface area contributed by atoms with E-state index in [0.717, 1.165) is 6.42 Å². The van der Waals surface area contributed by atoms with Gasteiger partial charge in [-0.25, -0.2) is 0 Å². The molecule has 28 heavy (non-hydrogen) atoms. The SMILES string of the molecule is CN(C)C(=O)c1cc(NC(=O)c2ccc(Cl)cc2N2CCCC2=O)ccc1Cl. The quantitative estimate of drug-likeness (QED) is 0.811. The van der Waals surface area contributed by atoms with E-state index in [-0.39, 0.29) is 17.4 Å². The Hall–Kier alpha value is -2.57. The molecular weight excluding hydrogens is 401 g/mol. The van der Waals surface area contributed by atoms with Gasteiger partial charge in [0, 0.05) is 37.8 Å². The van der Waals surface area contributed by atoms with Crippen LogP contribution in [-0.2, 0) is 4.79 Å². The van der Waals surface area contributed by atoms with Crippen LogP contribution in [0.5, 0.6) is 0 Å². The number of carbonyl (C=O) groups excluding carboxylic acids is 3. The van der Waals surface area contributed by atoms with Gasteiger partial charge in [-0.2, -0.15) is 0 Å². The molecule has 8 heteroatoms. The molecule has 2 aromatic rings. The van der Waals surface area contributed by atoms with E-state index in [1.165, 1.54) is 11.0 Å². The zero-order valence-electron chi connectivity index (χ0n) is 15.5. The van der Waals surface area contributed by atoms with Gasteiger partial charge in [-0.15, -0.1) is 0 Å². The van der Waals surface area contributed by atoms with E-state index in [0.29, 0.717) is 39.9 Å². The van der Waals surface area contributed by atoms with Crippen molar-refractivity contribution < 1.29 is 14.4 Å². The Labute approximate surface area is 173 Å². The van der Waals surface area contributed by atoms with Crippen LogP contribution in [0.2, 0.25) is 10.0 Å². The second-order valence-electron chi connectivity index (χ2n) is 6.66. The fraction of sp³-hybridized carbons (Fsp3) is 0.250. The Morgan fingerprint density at radius 3 is 2.46 bits per heavy atom. The van der Waals surface area contributed by atoms with Crippen LogP contribution in [0.15, 0.2) is 36.4 Å². The summed E-state index contributed by atoms with van der Waals surface area (Å²) < 4.78 is 0. The summed E-state index contributed by atoms with van der Waals surface area (Å²) in [6.07, 6.45) is 1.18. The number of rotatable bonds is 4. The first-order valence-corrected chi connectivity index (χ1v) is 9.46. The normalized spacial score (nSPS) is 13.6. The van der Waals surface area contributed by atoms with Gasteiger partial charge in [0.15, 0.2) is 0 Å². The summed E-state index contributed by atoms with van der Waals surface area (Å²) in [4.78, 5) is 40.2. The summed E-state index contributed by atoms with van der Waals surface area (Å²) in [5.74, 6) is -0.713. The molecule has 1 heterocycles. The number of nitrogens with one attached hydrogen (secondary N) is 1. The van der Waals surface area contributed by atoms with Crippen molar-refractivity contribution in [3.8, 4) is 0 Å². The fourth-order valence-corrected chi connectivity index (χ4v) is 3.39. The molecule has 0 aromatic heterocycles. The summed E-state index contributed by atoms with van der Waals surface area (Å²) in [5.41, 5.74) is 1.52. The Morgan fingerprint density at radius 2 is 1.82 bits per heavy atom. The summed E-state index contributed by atoms with van der Waals surface area (Å²) in [7, 11) is 3.24. The molecule has 3 amide bonds. The Bertz CT molecular complexity index is 960. The lowest BCUT2D eigenvalue weighted by molar-refractivity contribution is -0.117. The molecule has 1 N–H and O–H groups in total. The van der Waals surface area contributed by atoms with Crippen molar-refractivity contribution in [2.75, 3.05) is 30.9 Å². The number of hydrogen-bond acceptors (Lipinski definition) is 3. The van der Waals surface area contributed by atoms with Crippen LogP contribution in [0.1, 0.15) is 33.6 Å². The van der Waals surface area contributed by atoms with E-state index in [2.05, 4.69) is 5.32 Å². The molecule has 1 fully saturated rings. The van der Waals surface area contributed by atoms with Crippen LogP contribution in [-0.4, -0.2) is 43.3 Å². The van der Waals surface area contributed by atoms with Gasteiger partial charge in [0.25, 0.3) is 11.8 Å². The Morgan fingerprint density at radius 1 is 1.07 bits per heavy atom. The van der Waals surface area contributed by atoms with Gasteiger partial charge in [-0.05, 0) is 42.8 Å². The lowest BCUT2D eigenvalue weighted by atomic mass is 10.1. The van der Waals surface area contributed by atoms with Crippen LogP contribution in [0.25, 0.3) is 0 Å². The van der Waals surface area contributed by atoms with Crippen molar-refractivity contribution in [3.63, 3.8) is 0 Å². The molecule has 0 aliphatic carbocycles. The maximum absolute atomic E-state index is 12.9. The summed E-state index contributed by atoms with van der Waals surface area (Å²) in [5, 5.41) is 3.51. The maximum Gasteiger partial charge on any atom is 0.257 e. The summed E-state index contributed by atoms with van der Waals surface area (Å²) in [6, 6.07) is 9.50. The van der Waals surface area contributed by atoms with E-state index in [4.69, 9.17) is 23.2 Å². The van der Waals surface area contributed by atoms with E-state index < -0.39 is 5.91 Å². The first kappa shape index (κ1) is 20.2. The first-order valence-electron chi connectivity index (χ1n) is 8.70. The van der Waals surface area contributed by atoms with Gasteiger partial charge in [-0.1, -0.05) is 23.2 Å². The van der Waals surface area contributed by atoms with E-state index in [1.54, 1.807) is 49.3 Å². The Kier molecular flexibility index (Phi) is 5.91. The minimum atomic E-state index is -0.406. The predicted molar refractivity (Wildman–Crippen MR) is 110 cm³/mol. The standard InChI is InChI=1S/C20H19Cl2N3O3/c1-24(2)20(28)15-11-13(6-8-16(15)22)23-19(27)14-7-5-12(21)10-17(14)25-9-3-4-18(25)26/h5-8,10-11H,3-4,9H2,1-2H3,(H,23,27). The van der Waals surface area contributed by atoms with E-state index in [9.17, 15) is 14.4 Å². The average Bonchev–Trinajstić information content (AvgIpc) is 3.08. The molecule has 0 spiro atoms. The maximum atomic E-state index is 12.9. The molecule has 0 radical (unpaired) electrons. The molecule has 1 saturated heterocycles. The van der Waals surface area contributed by atoms with Gasteiger partial charge in [0.05, 0.1) is 21.8 Å². The molecule has 2 aromatic carbocycles. The molecule has 0 bridgehead atoms. The van der Waals surface area contributed by atoms with Crippen molar-refractivity contribution in [2.45, 2.75) is 12.8 Å². The highest BCUT2D eigenvalue weighted by Gasteiger charge is 2.26. The largest absolute Gasteiger partial charge is 0.345 e. The highest BCUT2D eigenvalue weighted by Crippen LogP contribution is 2.30. The van der Waals surface area contributed by atoms with Gasteiger partial charge < -0.3 is 15.1 Å². The number of anilines is 2. The third-order valence-electron chi connectivity index (χ3n) is 4.43. The molecule has 0 unspecified atom stereocenters. The van der Waals surface area contributed by atoms with E-state index >= 15 is 0 Å². The molecule has 6 nitrogen and oxygen atoms in total. The van der Waals surface area contributed by atoms with Crippen LogP contribution in [0.4, 0.5) is 11.4 Å². The molecular formula is C20H19Cl2N3O3. The number of halogens is 2. The zero-order chi connectivity index (χ0) is 20.4. The smallest absolute Gasteiger partial charge is 0.257 e. The van der Waals surface area contributed by atoms with Crippen LogP contribution < -0.4 is 10.2 Å². The predicted octanol–water partition coefficient (Wildman–Crippen LogP) is 4.07. The second kappa shape index (κ2) is 8.20. The topological polar surface area (TPSA) is 69.7 Å². The highest BCUT2D eigenvalue weighted by atomic mass is 35.5. The fourth-order valence-electron chi connectivity index (χ4n) is 3.03. The minimum Gasteiger partial charge on any atom is -0.345 e. The monoisotopic (exact) mass is 419 g/mol. The second-order valence-corrected chi connectivity index (χ2v) is 7.50. The van der Waals surface area contributed by atoms with Crippen molar-refractivity contribution in [1.82, 2.24) is 4.90 Å². The van der Waals surface area contributed by atoms with Crippen LogP contribution in [0, 0.1) is 0 Å². The molecule has 1 aliphatic heterocycles. The molecule has 146 valence electrons. The molecule has 1 aliphatic rings. The van der Waals surface area contributed by atoms with Crippen molar-refractivity contribution in [1.29, 1.82) is 0 Å². The number of benzene rings is 2. The lowest BCUT2D eigenvalue weighted by Gasteiger charge is -2.20. The van der Waals surface area contributed by atoms with Crippen LogP contribution >= 0.6 is 23.2 Å². The lowest BCUT2D eigenvalue weighted by Crippen LogP contribution is -2.27. The average molecular weight is 420 g/mol. The van der Waals surface area contributed by atoms with Gasteiger partial charge >= 0.3 is 0 Å². The molecule has 3 rings (SSSR count). The number of nitrogens with zero attached hydrogens (tertiary/aromatic N) is 2. The third kappa shape index (κ3) is 4.13. The van der Waals surface area contributed by atoms with Gasteiger partial charge in [0.2, 0.25) is 5.91 Å². The van der Waals surface area contributed by atoms with E-state index in [1.807, 2.05) is 0 Å².